The molecule has 1 aliphatic rings. The van der Waals surface area contributed by atoms with Gasteiger partial charge in [-0.15, -0.1) is 0 Å². The summed E-state index contributed by atoms with van der Waals surface area (Å²) in [7, 11) is 1.53. The molecule has 158 valence electrons. The molecule has 7 heteroatoms. The maximum atomic E-state index is 12.9. The number of aliphatic hydroxyl groups excluding tert-OH is 1. The van der Waals surface area contributed by atoms with Crippen LogP contribution in [0.5, 0.6) is 5.75 Å². The van der Waals surface area contributed by atoms with Crippen molar-refractivity contribution in [3.05, 3.63) is 69.7 Å². The molecule has 30 heavy (non-hydrogen) atoms. The summed E-state index contributed by atoms with van der Waals surface area (Å²) < 4.78 is 11.7. The molecule has 3 rings (SSSR count). The number of hydrogen-bond acceptors (Lipinski definition) is 5. The van der Waals surface area contributed by atoms with E-state index in [0.29, 0.717) is 23.5 Å². The number of methoxy groups -OCH3 is 1. The molecule has 1 fully saturated rings. The number of carbonyl (C=O) groups excluding carboxylic acids is 2. The van der Waals surface area contributed by atoms with Crippen molar-refractivity contribution in [1.29, 1.82) is 0 Å². The van der Waals surface area contributed by atoms with Gasteiger partial charge in [0.05, 0.1) is 24.8 Å². The lowest BCUT2D eigenvalue weighted by molar-refractivity contribution is -0.140. The van der Waals surface area contributed by atoms with Crippen molar-refractivity contribution in [2.75, 3.05) is 26.9 Å². The fraction of sp³-hybridized carbons (Fsp3) is 0.304. The highest BCUT2D eigenvalue weighted by Crippen LogP contribution is 2.40. The van der Waals surface area contributed by atoms with Crippen LogP contribution in [0, 0.1) is 0 Å². The number of likely N-dealkylation sites (tertiary alicyclic amines) is 1. The van der Waals surface area contributed by atoms with E-state index in [4.69, 9.17) is 9.47 Å². The van der Waals surface area contributed by atoms with Gasteiger partial charge in [-0.3, -0.25) is 9.59 Å². The maximum Gasteiger partial charge on any atom is 0.295 e. The molecule has 6 nitrogen and oxygen atoms in total. The quantitative estimate of drug-likeness (QED) is 0.351. The number of nitrogens with zero attached hydrogens (tertiary/aromatic N) is 1. The average Bonchev–Trinajstić information content (AvgIpc) is 3.01. The number of amides is 1. The van der Waals surface area contributed by atoms with Crippen molar-refractivity contribution in [3.8, 4) is 5.75 Å². The summed E-state index contributed by atoms with van der Waals surface area (Å²) in [5.74, 6) is -0.923. The Bertz CT molecular complexity index is 954. The fourth-order valence-corrected chi connectivity index (χ4v) is 3.67. The van der Waals surface area contributed by atoms with E-state index in [9.17, 15) is 14.7 Å². The van der Waals surface area contributed by atoms with Crippen LogP contribution in [0.3, 0.4) is 0 Å². The number of hydrogen-bond donors (Lipinski definition) is 1. The molecular weight excluding hydrogens is 450 g/mol. The lowest BCUT2D eigenvalue weighted by Gasteiger charge is -2.25. The highest BCUT2D eigenvalue weighted by Gasteiger charge is 2.45. The van der Waals surface area contributed by atoms with Gasteiger partial charge in [0.25, 0.3) is 11.7 Å². The van der Waals surface area contributed by atoms with Crippen LogP contribution in [0.1, 0.15) is 30.5 Å². The van der Waals surface area contributed by atoms with Crippen LogP contribution in [0.2, 0.25) is 0 Å². The number of Topliss-reactive ketones (excluding diaryl/α,β-unsaturated/α-hetero) is 1. The predicted octanol–water partition coefficient (Wildman–Crippen LogP) is 4.31. The Kier molecular flexibility index (Phi) is 7.29. The number of carbonyl (C=O) groups is 2. The molecule has 1 amide bonds. The normalized spacial score (nSPS) is 18.1. The summed E-state index contributed by atoms with van der Waals surface area (Å²) >= 11 is 3.36. The minimum absolute atomic E-state index is 0.0612. The summed E-state index contributed by atoms with van der Waals surface area (Å²) in [5, 5.41) is 11.0. The Morgan fingerprint density at radius 2 is 1.87 bits per heavy atom. The standard InChI is InChI=1S/C23H24BrNO5/c1-3-12-30-18-6-4-5-16(14-18)20-19(21(26)15-7-9-17(24)10-8-15)22(27)23(28)25(20)11-13-29-2/h4-10,14,20,26H,3,11-13H2,1-2H3/b21-19-. The summed E-state index contributed by atoms with van der Waals surface area (Å²) in [6.07, 6.45) is 0.861. The molecule has 1 aliphatic heterocycles. The first-order chi connectivity index (χ1) is 14.5. The summed E-state index contributed by atoms with van der Waals surface area (Å²) in [4.78, 5) is 27.1. The predicted molar refractivity (Wildman–Crippen MR) is 117 cm³/mol. The van der Waals surface area contributed by atoms with Crippen molar-refractivity contribution in [1.82, 2.24) is 4.90 Å². The van der Waals surface area contributed by atoms with Gasteiger partial charge in [-0.25, -0.2) is 0 Å². The largest absolute Gasteiger partial charge is 0.507 e. The molecule has 1 N–H and O–H groups in total. The number of ketones is 1. The van der Waals surface area contributed by atoms with E-state index in [1.165, 1.54) is 12.0 Å². The number of aliphatic hydroxyl groups is 1. The number of halogens is 1. The van der Waals surface area contributed by atoms with E-state index in [1.807, 2.05) is 25.1 Å². The van der Waals surface area contributed by atoms with E-state index in [-0.39, 0.29) is 24.5 Å². The van der Waals surface area contributed by atoms with Gasteiger partial charge in [-0.1, -0.05) is 47.1 Å². The molecule has 2 aromatic carbocycles. The minimum Gasteiger partial charge on any atom is -0.507 e. The number of benzene rings is 2. The molecule has 1 atom stereocenters. The Labute approximate surface area is 184 Å². The highest BCUT2D eigenvalue weighted by atomic mass is 79.9. The fourth-order valence-electron chi connectivity index (χ4n) is 3.40. The highest BCUT2D eigenvalue weighted by molar-refractivity contribution is 9.10. The topological polar surface area (TPSA) is 76.1 Å². The average molecular weight is 474 g/mol. The molecule has 0 saturated carbocycles. The summed E-state index contributed by atoms with van der Waals surface area (Å²) in [5.41, 5.74) is 1.22. The first kappa shape index (κ1) is 22.1. The lowest BCUT2D eigenvalue weighted by Crippen LogP contribution is -2.32. The third kappa shape index (κ3) is 4.57. The van der Waals surface area contributed by atoms with Gasteiger partial charge >= 0.3 is 0 Å². The molecule has 1 saturated heterocycles. The molecular formula is C23H24BrNO5. The smallest absolute Gasteiger partial charge is 0.295 e. The zero-order valence-electron chi connectivity index (χ0n) is 16.9. The van der Waals surface area contributed by atoms with E-state index in [0.717, 1.165) is 10.9 Å². The monoisotopic (exact) mass is 473 g/mol. The number of ether oxygens (including phenoxy) is 2. The van der Waals surface area contributed by atoms with Crippen molar-refractivity contribution in [2.45, 2.75) is 19.4 Å². The van der Waals surface area contributed by atoms with Crippen LogP contribution in [-0.4, -0.2) is 48.6 Å². The van der Waals surface area contributed by atoms with Crippen LogP contribution in [0.25, 0.3) is 5.76 Å². The first-order valence-corrected chi connectivity index (χ1v) is 10.5. The van der Waals surface area contributed by atoms with Gasteiger partial charge in [-0.2, -0.15) is 0 Å². The zero-order chi connectivity index (χ0) is 21.7. The van der Waals surface area contributed by atoms with Crippen molar-refractivity contribution in [2.24, 2.45) is 0 Å². The van der Waals surface area contributed by atoms with Gasteiger partial charge in [0.2, 0.25) is 0 Å². The van der Waals surface area contributed by atoms with Crippen molar-refractivity contribution in [3.63, 3.8) is 0 Å². The van der Waals surface area contributed by atoms with Crippen LogP contribution >= 0.6 is 15.9 Å². The van der Waals surface area contributed by atoms with Crippen LogP contribution < -0.4 is 4.74 Å². The second-order valence-corrected chi connectivity index (χ2v) is 7.83. The van der Waals surface area contributed by atoms with E-state index in [2.05, 4.69) is 15.9 Å². The van der Waals surface area contributed by atoms with Gasteiger partial charge < -0.3 is 19.5 Å². The van der Waals surface area contributed by atoms with Gasteiger partial charge in [0.1, 0.15) is 11.5 Å². The summed E-state index contributed by atoms with van der Waals surface area (Å²) in [6.45, 7) is 3.07. The molecule has 0 bridgehead atoms. The lowest BCUT2D eigenvalue weighted by atomic mass is 9.95. The first-order valence-electron chi connectivity index (χ1n) is 9.74. The van der Waals surface area contributed by atoms with Crippen LogP contribution in [-0.2, 0) is 14.3 Å². The van der Waals surface area contributed by atoms with Gasteiger partial charge in [0, 0.05) is 23.7 Å². The molecule has 1 unspecified atom stereocenters. The van der Waals surface area contributed by atoms with E-state index >= 15 is 0 Å². The Morgan fingerprint density at radius 1 is 1.13 bits per heavy atom. The number of rotatable bonds is 8. The molecule has 0 spiro atoms. The molecule has 2 aromatic rings. The molecule has 0 aromatic heterocycles. The summed E-state index contributed by atoms with van der Waals surface area (Å²) in [6, 6.07) is 13.5. The maximum absolute atomic E-state index is 12.9. The third-order valence-electron chi connectivity index (χ3n) is 4.84. The van der Waals surface area contributed by atoms with Crippen molar-refractivity contribution >= 4 is 33.4 Å². The SMILES string of the molecule is CCCOc1cccc(C2/C(=C(/O)c3ccc(Br)cc3)C(=O)C(=O)N2CCOC)c1. The van der Waals surface area contributed by atoms with Crippen molar-refractivity contribution < 1.29 is 24.2 Å². The van der Waals surface area contributed by atoms with Crippen LogP contribution in [0.4, 0.5) is 0 Å². The van der Waals surface area contributed by atoms with Gasteiger partial charge in [0.15, 0.2) is 0 Å². The Balaban J connectivity index is 2.11. The molecule has 0 aliphatic carbocycles. The molecule has 0 radical (unpaired) electrons. The van der Waals surface area contributed by atoms with Crippen LogP contribution in [0.15, 0.2) is 58.6 Å². The second-order valence-electron chi connectivity index (χ2n) is 6.91. The zero-order valence-corrected chi connectivity index (χ0v) is 18.5. The molecule has 1 heterocycles. The van der Waals surface area contributed by atoms with E-state index < -0.39 is 17.7 Å². The Morgan fingerprint density at radius 3 is 2.53 bits per heavy atom. The van der Waals surface area contributed by atoms with Gasteiger partial charge in [-0.05, 0) is 36.2 Å². The van der Waals surface area contributed by atoms with E-state index in [1.54, 1.807) is 30.3 Å². The second kappa shape index (κ2) is 9.91. The third-order valence-corrected chi connectivity index (χ3v) is 5.37. The minimum atomic E-state index is -0.728. The Hall–Kier alpha value is -2.64.